The highest BCUT2D eigenvalue weighted by Crippen LogP contribution is 2.39. The maximum absolute atomic E-state index is 6.14. The van der Waals surface area contributed by atoms with Crippen molar-refractivity contribution in [2.75, 3.05) is 6.54 Å². The first kappa shape index (κ1) is 15.4. The van der Waals surface area contributed by atoms with Crippen LogP contribution in [-0.2, 0) is 6.42 Å². The molecule has 0 bridgehead atoms. The maximum atomic E-state index is 6.14. The Kier molecular flexibility index (Phi) is 4.74. The molecule has 1 heterocycles. The summed E-state index contributed by atoms with van der Waals surface area (Å²) in [5, 5.41) is 3.74. The Morgan fingerprint density at radius 1 is 1.35 bits per heavy atom. The van der Waals surface area contributed by atoms with Gasteiger partial charge in [-0.15, -0.1) is 0 Å². The minimum Gasteiger partial charge on any atom is -0.487 e. The fraction of sp³-hybridized carbons (Fsp3) is 0.667. The third-order valence-electron chi connectivity index (χ3n) is 4.05. The Bertz CT molecular complexity index is 451. The molecule has 1 aliphatic rings. The number of rotatable bonds is 5. The summed E-state index contributed by atoms with van der Waals surface area (Å²) in [5.74, 6) is 1.80. The van der Waals surface area contributed by atoms with Gasteiger partial charge in [-0.3, -0.25) is 0 Å². The predicted octanol–water partition coefficient (Wildman–Crippen LogP) is 4.49. The molecule has 1 aromatic rings. The van der Waals surface area contributed by atoms with E-state index in [0.717, 1.165) is 31.1 Å². The van der Waals surface area contributed by atoms with E-state index in [-0.39, 0.29) is 5.60 Å². The van der Waals surface area contributed by atoms with Gasteiger partial charge in [0.25, 0.3) is 0 Å². The SMILES string of the molecule is CCc1ccc2c(c1)C(NCCC(C)C)CC(C)(C)O2. The van der Waals surface area contributed by atoms with Crippen LogP contribution < -0.4 is 10.1 Å². The second-order valence-corrected chi connectivity index (χ2v) is 6.98. The van der Waals surface area contributed by atoms with Crippen molar-refractivity contribution in [1.29, 1.82) is 0 Å². The number of hydrogen-bond acceptors (Lipinski definition) is 2. The van der Waals surface area contributed by atoms with E-state index >= 15 is 0 Å². The van der Waals surface area contributed by atoms with Crippen molar-refractivity contribution in [3.8, 4) is 5.75 Å². The Hall–Kier alpha value is -1.02. The normalized spacial score (nSPS) is 20.6. The van der Waals surface area contributed by atoms with E-state index in [4.69, 9.17) is 4.74 Å². The van der Waals surface area contributed by atoms with Crippen molar-refractivity contribution in [1.82, 2.24) is 5.32 Å². The van der Waals surface area contributed by atoms with E-state index in [0.29, 0.717) is 6.04 Å². The fourth-order valence-electron chi connectivity index (χ4n) is 2.85. The molecule has 1 aliphatic heterocycles. The van der Waals surface area contributed by atoms with Crippen molar-refractivity contribution >= 4 is 0 Å². The van der Waals surface area contributed by atoms with E-state index in [1.165, 1.54) is 17.5 Å². The van der Waals surface area contributed by atoms with Gasteiger partial charge in [-0.25, -0.2) is 0 Å². The van der Waals surface area contributed by atoms with Crippen LogP contribution in [0.2, 0.25) is 0 Å². The number of hydrogen-bond donors (Lipinski definition) is 1. The van der Waals surface area contributed by atoms with E-state index in [9.17, 15) is 0 Å². The molecular formula is C18H29NO. The van der Waals surface area contributed by atoms with Gasteiger partial charge in [0.15, 0.2) is 0 Å². The molecule has 2 heteroatoms. The number of fused-ring (bicyclic) bond motifs is 1. The van der Waals surface area contributed by atoms with Crippen LogP contribution in [0.3, 0.4) is 0 Å². The van der Waals surface area contributed by atoms with Crippen LogP contribution in [0.25, 0.3) is 0 Å². The average Bonchev–Trinajstić information content (AvgIpc) is 2.36. The largest absolute Gasteiger partial charge is 0.487 e. The molecule has 1 N–H and O–H groups in total. The van der Waals surface area contributed by atoms with Crippen LogP contribution >= 0.6 is 0 Å². The van der Waals surface area contributed by atoms with Gasteiger partial charge in [-0.2, -0.15) is 0 Å². The molecule has 0 amide bonds. The maximum Gasteiger partial charge on any atom is 0.124 e. The van der Waals surface area contributed by atoms with E-state index in [1.54, 1.807) is 0 Å². The summed E-state index contributed by atoms with van der Waals surface area (Å²) in [6.07, 6.45) is 3.33. The summed E-state index contributed by atoms with van der Waals surface area (Å²) in [4.78, 5) is 0. The molecule has 1 aromatic carbocycles. The number of aryl methyl sites for hydroxylation is 1. The van der Waals surface area contributed by atoms with Gasteiger partial charge in [0, 0.05) is 18.0 Å². The molecule has 0 aliphatic carbocycles. The molecule has 0 aromatic heterocycles. The van der Waals surface area contributed by atoms with E-state index < -0.39 is 0 Å². The molecule has 20 heavy (non-hydrogen) atoms. The molecule has 112 valence electrons. The summed E-state index contributed by atoms with van der Waals surface area (Å²) in [7, 11) is 0. The lowest BCUT2D eigenvalue weighted by Gasteiger charge is -2.38. The van der Waals surface area contributed by atoms with Gasteiger partial charge in [0.05, 0.1) is 0 Å². The van der Waals surface area contributed by atoms with Gasteiger partial charge < -0.3 is 10.1 Å². The van der Waals surface area contributed by atoms with Gasteiger partial charge in [0.1, 0.15) is 11.4 Å². The van der Waals surface area contributed by atoms with E-state index in [2.05, 4.69) is 58.1 Å². The Morgan fingerprint density at radius 3 is 2.75 bits per heavy atom. The highest BCUT2D eigenvalue weighted by Gasteiger charge is 2.33. The highest BCUT2D eigenvalue weighted by atomic mass is 16.5. The standard InChI is InChI=1S/C18H29NO/c1-6-14-7-8-17-15(11-14)16(12-18(4,5)20-17)19-10-9-13(2)3/h7-8,11,13,16,19H,6,9-10,12H2,1-5H3. The minimum absolute atomic E-state index is 0.0871. The van der Waals surface area contributed by atoms with Crippen molar-refractivity contribution in [3.05, 3.63) is 29.3 Å². The summed E-state index contributed by atoms with van der Waals surface area (Å²) in [6, 6.07) is 7.06. The summed E-state index contributed by atoms with van der Waals surface area (Å²) < 4.78 is 6.14. The molecule has 2 nitrogen and oxygen atoms in total. The van der Waals surface area contributed by atoms with Gasteiger partial charge >= 0.3 is 0 Å². The summed E-state index contributed by atoms with van der Waals surface area (Å²) in [6.45, 7) is 12.2. The molecule has 1 unspecified atom stereocenters. The number of nitrogens with one attached hydrogen (secondary N) is 1. The lowest BCUT2D eigenvalue weighted by Crippen LogP contribution is -2.40. The second-order valence-electron chi connectivity index (χ2n) is 6.98. The van der Waals surface area contributed by atoms with E-state index in [1.807, 2.05) is 0 Å². The second kappa shape index (κ2) is 6.17. The zero-order valence-corrected chi connectivity index (χ0v) is 13.6. The van der Waals surface area contributed by atoms with Crippen LogP contribution in [0.15, 0.2) is 18.2 Å². The first-order valence-electron chi connectivity index (χ1n) is 7.96. The minimum atomic E-state index is -0.0871. The van der Waals surface area contributed by atoms with Crippen LogP contribution in [0, 0.1) is 5.92 Å². The van der Waals surface area contributed by atoms with Crippen LogP contribution in [0.1, 0.15) is 64.6 Å². The molecular weight excluding hydrogens is 246 g/mol. The van der Waals surface area contributed by atoms with Gasteiger partial charge in [-0.05, 0) is 50.8 Å². The number of ether oxygens (including phenoxy) is 1. The number of benzene rings is 1. The highest BCUT2D eigenvalue weighted by molar-refractivity contribution is 5.41. The quantitative estimate of drug-likeness (QED) is 0.855. The first-order valence-corrected chi connectivity index (χ1v) is 7.96. The Morgan fingerprint density at radius 2 is 2.10 bits per heavy atom. The monoisotopic (exact) mass is 275 g/mol. The van der Waals surface area contributed by atoms with Crippen molar-refractivity contribution in [3.63, 3.8) is 0 Å². The molecule has 0 saturated heterocycles. The molecule has 0 fully saturated rings. The zero-order chi connectivity index (χ0) is 14.8. The lowest BCUT2D eigenvalue weighted by atomic mass is 9.88. The van der Waals surface area contributed by atoms with Crippen LogP contribution in [0.5, 0.6) is 5.75 Å². The third-order valence-corrected chi connectivity index (χ3v) is 4.05. The molecule has 0 saturated carbocycles. The van der Waals surface area contributed by atoms with Gasteiger partial charge in [-0.1, -0.05) is 32.9 Å². The Labute approximate surface area is 123 Å². The molecule has 0 radical (unpaired) electrons. The Balaban J connectivity index is 2.18. The summed E-state index contributed by atoms with van der Waals surface area (Å²) >= 11 is 0. The van der Waals surface area contributed by atoms with Gasteiger partial charge in [0.2, 0.25) is 0 Å². The van der Waals surface area contributed by atoms with Crippen LogP contribution in [-0.4, -0.2) is 12.1 Å². The topological polar surface area (TPSA) is 21.3 Å². The third kappa shape index (κ3) is 3.76. The molecule has 1 atom stereocenters. The summed E-state index contributed by atoms with van der Waals surface area (Å²) in [5.41, 5.74) is 2.64. The fourth-order valence-corrected chi connectivity index (χ4v) is 2.85. The molecule has 0 spiro atoms. The first-order chi connectivity index (χ1) is 9.41. The average molecular weight is 275 g/mol. The molecule has 2 rings (SSSR count). The van der Waals surface area contributed by atoms with Crippen molar-refractivity contribution in [2.45, 2.75) is 65.5 Å². The predicted molar refractivity (Wildman–Crippen MR) is 85.3 cm³/mol. The van der Waals surface area contributed by atoms with Crippen molar-refractivity contribution in [2.24, 2.45) is 5.92 Å². The smallest absolute Gasteiger partial charge is 0.124 e. The zero-order valence-electron chi connectivity index (χ0n) is 13.6. The van der Waals surface area contributed by atoms with Crippen molar-refractivity contribution < 1.29 is 4.74 Å². The van der Waals surface area contributed by atoms with Crippen LogP contribution in [0.4, 0.5) is 0 Å². The lowest BCUT2D eigenvalue weighted by molar-refractivity contribution is 0.0658.